The topological polar surface area (TPSA) is 55.6 Å². The lowest BCUT2D eigenvalue weighted by Gasteiger charge is -2.27. The molecule has 1 fully saturated rings. The summed E-state index contributed by atoms with van der Waals surface area (Å²) in [5, 5.41) is 0. The van der Waals surface area contributed by atoms with Crippen molar-refractivity contribution in [2.24, 2.45) is 5.73 Å². The molecule has 0 aromatic rings. The highest BCUT2D eigenvalue weighted by Gasteiger charge is 2.24. The minimum atomic E-state index is -0.423. The fourth-order valence-corrected chi connectivity index (χ4v) is 1.67. The van der Waals surface area contributed by atoms with Crippen LogP contribution < -0.4 is 5.73 Å². The molecule has 1 heterocycles. The molecule has 1 amide bonds. The van der Waals surface area contributed by atoms with Gasteiger partial charge in [0.2, 0.25) is 0 Å². The first-order valence-corrected chi connectivity index (χ1v) is 5.62. The van der Waals surface area contributed by atoms with E-state index in [0.717, 1.165) is 25.8 Å². The predicted molar refractivity (Wildman–Crippen MR) is 59.6 cm³/mol. The zero-order valence-corrected chi connectivity index (χ0v) is 9.95. The van der Waals surface area contributed by atoms with Crippen molar-refractivity contribution in [2.45, 2.75) is 51.7 Å². The molecule has 1 rings (SSSR count). The van der Waals surface area contributed by atoms with Crippen LogP contribution in [0, 0.1) is 0 Å². The fraction of sp³-hybridized carbons (Fsp3) is 0.909. The Morgan fingerprint density at radius 2 is 2.07 bits per heavy atom. The molecule has 1 aliphatic heterocycles. The van der Waals surface area contributed by atoms with Gasteiger partial charge in [0.25, 0.3) is 0 Å². The van der Waals surface area contributed by atoms with Crippen LogP contribution in [0.2, 0.25) is 0 Å². The Balaban J connectivity index is 2.50. The molecule has 0 aromatic carbocycles. The summed E-state index contributed by atoms with van der Waals surface area (Å²) in [5.41, 5.74) is 5.45. The first kappa shape index (κ1) is 12.3. The summed E-state index contributed by atoms with van der Waals surface area (Å²) in [4.78, 5) is 13.5. The number of carbonyl (C=O) groups is 1. The molecule has 1 aliphatic rings. The van der Waals surface area contributed by atoms with Gasteiger partial charge in [-0.3, -0.25) is 0 Å². The van der Waals surface area contributed by atoms with E-state index in [0.29, 0.717) is 6.54 Å². The van der Waals surface area contributed by atoms with Crippen molar-refractivity contribution in [1.29, 1.82) is 0 Å². The van der Waals surface area contributed by atoms with E-state index >= 15 is 0 Å². The van der Waals surface area contributed by atoms with Crippen LogP contribution in [0.4, 0.5) is 4.79 Å². The summed E-state index contributed by atoms with van der Waals surface area (Å²) in [7, 11) is 0. The Morgan fingerprint density at radius 1 is 1.40 bits per heavy atom. The number of hydrogen-bond donors (Lipinski definition) is 1. The first-order chi connectivity index (χ1) is 6.88. The molecule has 1 saturated heterocycles. The van der Waals surface area contributed by atoms with E-state index in [2.05, 4.69) is 0 Å². The minimum absolute atomic E-state index is 0.0972. The molecular formula is C11H22N2O2. The Kier molecular flexibility index (Phi) is 3.97. The van der Waals surface area contributed by atoms with E-state index in [1.54, 1.807) is 4.90 Å². The van der Waals surface area contributed by atoms with Gasteiger partial charge in [0.1, 0.15) is 5.60 Å². The third kappa shape index (κ3) is 4.51. The van der Waals surface area contributed by atoms with Crippen LogP contribution in [0.25, 0.3) is 0 Å². The molecule has 4 nitrogen and oxygen atoms in total. The molecule has 88 valence electrons. The lowest BCUT2D eigenvalue weighted by Crippen LogP contribution is -2.42. The quantitative estimate of drug-likeness (QED) is 0.668. The molecule has 15 heavy (non-hydrogen) atoms. The molecule has 0 spiro atoms. The van der Waals surface area contributed by atoms with Crippen molar-refractivity contribution in [1.82, 2.24) is 4.90 Å². The largest absolute Gasteiger partial charge is 0.444 e. The number of ether oxygens (including phenoxy) is 1. The number of rotatable bonds is 0. The average molecular weight is 214 g/mol. The van der Waals surface area contributed by atoms with Gasteiger partial charge in [-0.05, 0) is 33.6 Å². The molecule has 0 unspecified atom stereocenters. The van der Waals surface area contributed by atoms with E-state index in [1.807, 2.05) is 20.8 Å². The van der Waals surface area contributed by atoms with Crippen LogP contribution in [0.5, 0.6) is 0 Å². The van der Waals surface area contributed by atoms with Crippen LogP contribution in [-0.2, 0) is 4.74 Å². The second-order valence-electron chi connectivity index (χ2n) is 5.18. The van der Waals surface area contributed by atoms with Crippen molar-refractivity contribution >= 4 is 6.09 Å². The van der Waals surface area contributed by atoms with Gasteiger partial charge in [0, 0.05) is 19.1 Å². The lowest BCUT2D eigenvalue weighted by molar-refractivity contribution is 0.0249. The maximum atomic E-state index is 11.8. The Morgan fingerprint density at radius 3 is 2.67 bits per heavy atom. The summed E-state index contributed by atoms with van der Waals surface area (Å²) in [5.74, 6) is 0. The number of nitrogens with two attached hydrogens (primary N) is 1. The highest BCUT2D eigenvalue weighted by molar-refractivity contribution is 5.68. The number of hydrogen-bond acceptors (Lipinski definition) is 3. The average Bonchev–Trinajstić information content (AvgIpc) is 2.26. The lowest BCUT2D eigenvalue weighted by atomic mass is 10.2. The molecule has 0 radical (unpaired) electrons. The fourth-order valence-electron chi connectivity index (χ4n) is 1.67. The van der Waals surface area contributed by atoms with E-state index in [1.165, 1.54) is 0 Å². The molecule has 0 bridgehead atoms. The van der Waals surface area contributed by atoms with Crippen molar-refractivity contribution in [3.63, 3.8) is 0 Å². The molecule has 0 aliphatic carbocycles. The van der Waals surface area contributed by atoms with Crippen molar-refractivity contribution in [3.05, 3.63) is 0 Å². The Bertz CT molecular complexity index is 223. The highest BCUT2D eigenvalue weighted by atomic mass is 16.6. The normalized spacial score (nSPS) is 23.5. The summed E-state index contributed by atoms with van der Waals surface area (Å²) < 4.78 is 5.31. The minimum Gasteiger partial charge on any atom is -0.444 e. The third-order valence-electron chi connectivity index (χ3n) is 2.36. The summed E-state index contributed by atoms with van der Waals surface area (Å²) in [6, 6.07) is 0.0972. The van der Waals surface area contributed by atoms with Crippen LogP contribution in [0.15, 0.2) is 0 Å². The SMILES string of the molecule is CC(C)(C)OC(=O)N1CCCC[C@@H](N)C1. The number of nitrogens with zero attached hydrogens (tertiary/aromatic N) is 1. The molecule has 2 N–H and O–H groups in total. The smallest absolute Gasteiger partial charge is 0.410 e. The van der Waals surface area contributed by atoms with E-state index < -0.39 is 5.60 Å². The third-order valence-corrected chi connectivity index (χ3v) is 2.36. The summed E-state index contributed by atoms with van der Waals surface area (Å²) in [6.07, 6.45) is 2.88. The maximum Gasteiger partial charge on any atom is 0.410 e. The summed E-state index contributed by atoms with van der Waals surface area (Å²) >= 11 is 0. The van der Waals surface area contributed by atoms with Gasteiger partial charge in [-0.15, -0.1) is 0 Å². The Labute approximate surface area is 91.8 Å². The molecule has 4 heteroatoms. The maximum absolute atomic E-state index is 11.8. The van der Waals surface area contributed by atoms with Crippen molar-refractivity contribution < 1.29 is 9.53 Å². The monoisotopic (exact) mass is 214 g/mol. The zero-order chi connectivity index (χ0) is 11.5. The molecule has 1 atom stereocenters. The van der Waals surface area contributed by atoms with Gasteiger partial charge in [-0.25, -0.2) is 4.79 Å². The molecular weight excluding hydrogens is 192 g/mol. The second-order valence-corrected chi connectivity index (χ2v) is 5.18. The summed E-state index contributed by atoms with van der Waals surface area (Å²) in [6.45, 7) is 7.02. The number of likely N-dealkylation sites (tertiary alicyclic amines) is 1. The van der Waals surface area contributed by atoms with E-state index in [9.17, 15) is 4.79 Å². The second kappa shape index (κ2) is 4.84. The standard InChI is InChI=1S/C11H22N2O2/c1-11(2,3)15-10(14)13-7-5-4-6-9(12)8-13/h9H,4-8,12H2,1-3H3/t9-/m1/s1. The van der Waals surface area contributed by atoms with Crippen LogP contribution in [0.1, 0.15) is 40.0 Å². The number of carbonyl (C=O) groups excluding carboxylic acids is 1. The van der Waals surface area contributed by atoms with Crippen molar-refractivity contribution in [3.8, 4) is 0 Å². The van der Waals surface area contributed by atoms with E-state index in [4.69, 9.17) is 10.5 Å². The van der Waals surface area contributed by atoms with Crippen LogP contribution in [0.3, 0.4) is 0 Å². The van der Waals surface area contributed by atoms with Gasteiger partial charge in [0.05, 0.1) is 0 Å². The van der Waals surface area contributed by atoms with Gasteiger partial charge in [-0.1, -0.05) is 6.42 Å². The van der Waals surface area contributed by atoms with Gasteiger partial charge < -0.3 is 15.4 Å². The van der Waals surface area contributed by atoms with Crippen LogP contribution in [-0.4, -0.2) is 35.7 Å². The first-order valence-electron chi connectivity index (χ1n) is 5.62. The van der Waals surface area contributed by atoms with Crippen LogP contribution >= 0.6 is 0 Å². The van der Waals surface area contributed by atoms with E-state index in [-0.39, 0.29) is 12.1 Å². The molecule has 0 aromatic heterocycles. The van der Waals surface area contributed by atoms with Gasteiger partial charge in [-0.2, -0.15) is 0 Å². The van der Waals surface area contributed by atoms with Crippen molar-refractivity contribution in [2.75, 3.05) is 13.1 Å². The number of amides is 1. The van der Waals surface area contributed by atoms with Gasteiger partial charge >= 0.3 is 6.09 Å². The molecule has 0 saturated carbocycles. The predicted octanol–water partition coefficient (Wildman–Crippen LogP) is 1.73. The Hall–Kier alpha value is -0.770. The zero-order valence-electron chi connectivity index (χ0n) is 9.95. The van der Waals surface area contributed by atoms with Gasteiger partial charge in [0.15, 0.2) is 0 Å². The highest BCUT2D eigenvalue weighted by Crippen LogP contribution is 2.14.